The smallest absolute Gasteiger partial charge is 0.355 e. The number of fused-ring (bicyclic) bond motifs is 1. The molecule has 2 atom stereocenters. The number of ether oxygens (including phenoxy) is 1. The Hall–Kier alpha value is -1.92. The molecule has 86 valence electrons. The second kappa shape index (κ2) is 3.58. The molecule has 0 aliphatic carbocycles. The quantitative estimate of drug-likeness (QED) is 0.456. The second-order valence-electron chi connectivity index (χ2n) is 3.49. The van der Waals surface area contributed by atoms with Crippen LogP contribution in [0.25, 0.3) is 0 Å². The van der Waals surface area contributed by atoms with E-state index in [0.29, 0.717) is 6.54 Å². The van der Waals surface area contributed by atoms with E-state index in [-0.39, 0.29) is 11.6 Å². The lowest BCUT2D eigenvalue weighted by molar-refractivity contribution is -0.140. The minimum Gasteiger partial charge on any atom is -0.464 e. The molecule has 2 aliphatic heterocycles. The fourth-order valence-corrected chi connectivity index (χ4v) is 1.93. The summed E-state index contributed by atoms with van der Waals surface area (Å²) in [6.07, 6.45) is 0. The van der Waals surface area contributed by atoms with Crippen LogP contribution < -0.4 is 5.43 Å². The van der Waals surface area contributed by atoms with Crippen molar-refractivity contribution in [1.29, 1.82) is 0 Å². The number of likely N-dealkylation sites (N-methyl/N-ethyl adjacent to an activating group) is 1. The summed E-state index contributed by atoms with van der Waals surface area (Å²) in [5, 5.41) is 3.68. The third kappa shape index (κ3) is 1.21. The van der Waals surface area contributed by atoms with Crippen LogP contribution in [0.5, 0.6) is 0 Å². The molecule has 1 N–H and O–H groups in total. The molecule has 0 unspecified atom stereocenters. The summed E-state index contributed by atoms with van der Waals surface area (Å²) in [5.41, 5.74) is 2.48. The van der Waals surface area contributed by atoms with Gasteiger partial charge >= 0.3 is 5.97 Å². The van der Waals surface area contributed by atoms with Gasteiger partial charge in [0.25, 0.3) is 5.91 Å². The van der Waals surface area contributed by atoms with Crippen molar-refractivity contribution in [1.82, 2.24) is 10.3 Å². The van der Waals surface area contributed by atoms with Crippen LogP contribution in [0.2, 0.25) is 0 Å². The number of esters is 1. The number of likely N-dealkylation sites (tertiary alicyclic amines) is 1. The highest BCUT2D eigenvalue weighted by Crippen LogP contribution is 2.25. The molecular weight excluding hydrogens is 214 g/mol. The van der Waals surface area contributed by atoms with E-state index in [4.69, 9.17) is 0 Å². The Balaban J connectivity index is 2.30. The van der Waals surface area contributed by atoms with Crippen molar-refractivity contribution < 1.29 is 19.1 Å². The van der Waals surface area contributed by atoms with E-state index in [9.17, 15) is 14.4 Å². The van der Waals surface area contributed by atoms with E-state index in [0.717, 1.165) is 4.90 Å². The summed E-state index contributed by atoms with van der Waals surface area (Å²) < 4.78 is 4.50. The number of rotatable bonds is 2. The van der Waals surface area contributed by atoms with Gasteiger partial charge < -0.3 is 4.74 Å². The van der Waals surface area contributed by atoms with Gasteiger partial charge in [-0.25, -0.2) is 4.79 Å². The highest BCUT2D eigenvalue weighted by atomic mass is 16.5. The van der Waals surface area contributed by atoms with E-state index in [1.54, 1.807) is 6.92 Å². The standard InChI is InChI=1S/C9H11N3O4/c1-3-12-7(13)4-5(8(12)14)10-11-6(4)9(15)16-2/h4-5,10H,3H2,1-2H3/t4-,5-/m1/s1. The van der Waals surface area contributed by atoms with Crippen LogP contribution in [0, 0.1) is 5.92 Å². The van der Waals surface area contributed by atoms with Crippen molar-refractivity contribution in [2.45, 2.75) is 13.0 Å². The first-order chi connectivity index (χ1) is 7.61. The van der Waals surface area contributed by atoms with Crippen LogP contribution in [-0.2, 0) is 19.1 Å². The van der Waals surface area contributed by atoms with Gasteiger partial charge in [-0.2, -0.15) is 5.10 Å². The number of nitrogens with zero attached hydrogens (tertiary/aromatic N) is 2. The lowest BCUT2D eigenvalue weighted by atomic mass is 9.99. The minimum atomic E-state index is -0.833. The molecular formula is C9H11N3O4. The van der Waals surface area contributed by atoms with Gasteiger partial charge in [-0.15, -0.1) is 0 Å². The van der Waals surface area contributed by atoms with Crippen LogP contribution in [0.15, 0.2) is 5.10 Å². The number of hydrogen-bond donors (Lipinski definition) is 1. The highest BCUT2D eigenvalue weighted by Gasteiger charge is 2.54. The zero-order valence-electron chi connectivity index (χ0n) is 8.89. The van der Waals surface area contributed by atoms with Crippen molar-refractivity contribution in [3.05, 3.63) is 0 Å². The Morgan fingerprint density at radius 3 is 2.75 bits per heavy atom. The molecule has 0 spiro atoms. The largest absolute Gasteiger partial charge is 0.464 e. The Kier molecular flexibility index (Phi) is 2.37. The second-order valence-corrected chi connectivity index (χ2v) is 3.49. The minimum absolute atomic E-state index is 0.0261. The number of hydrazone groups is 1. The average molecular weight is 225 g/mol. The molecule has 0 saturated carbocycles. The molecule has 0 aromatic rings. The van der Waals surface area contributed by atoms with E-state index < -0.39 is 23.8 Å². The molecule has 0 aromatic heterocycles. The topological polar surface area (TPSA) is 88.1 Å². The monoisotopic (exact) mass is 225 g/mol. The first kappa shape index (κ1) is 10.6. The lowest BCUT2D eigenvalue weighted by Gasteiger charge is -2.11. The maximum absolute atomic E-state index is 11.8. The van der Waals surface area contributed by atoms with Gasteiger partial charge in [-0.3, -0.25) is 19.9 Å². The Morgan fingerprint density at radius 2 is 2.19 bits per heavy atom. The predicted octanol–water partition coefficient (Wildman–Crippen LogP) is -1.51. The summed E-state index contributed by atoms with van der Waals surface area (Å²) in [6, 6.07) is -0.749. The summed E-state index contributed by atoms with van der Waals surface area (Å²) >= 11 is 0. The summed E-state index contributed by atoms with van der Waals surface area (Å²) in [7, 11) is 1.21. The van der Waals surface area contributed by atoms with Crippen molar-refractivity contribution in [3.8, 4) is 0 Å². The van der Waals surface area contributed by atoms with Crippen LogP contribution in [0.4, 0.5) is 0 Å². The van der Waals surface area contributed by atoms with Gasteiger partial charge in [-0.05, 0) is 6.92 Å². The molecule has 2 amide bonds. The number of carbonyl (C=O) groups is 3. The zero-order chi connectivity index (χ0) is 11.9. The SMILES string of the molecule is CCN1C(=O)[C@H]2C(C(=O)OC)=NN[C@H]2C1=O. The van der Waals surface area contributed by atoms with E-state index in [1.165, 1.54) is 7.11 Å². The number of imide groups is 1. The molecule has 16 heavy (non-hydrogen) atoms. The molecule has 7 nitrogen and oxygen atoms in total. The van der Waals surface area contributed by atoms with Gasteiger partial charge in [0.1, 0.15) is 12.0 Å². The maximum Gasteiger partial charge on any atom is 0.355 e. The summed E-state index contributed by atoms with van der Waals surface area (Å²) in [6.45, 7) is 1.99. The number of carbonyl (C=O) groups excluding carboxylic acids is 3. The fourth-order valence-electron chi connectivity index (χ4n) is 1.93. The van der Waals surface area contributed by atoms with Gasteiger partial charge in [0.05, 0.1) is 7.11 Å². The van der Waals surface area contributed by atoms with Crippen LogP contribution in [-0.4, -0.2) is 48.1 Å². The molecule has 0 aromatic carbocycles. The van der Waals surface area contributed by atoms with Crippen LogP contribution in [0.1, 0.15) is 6.92 Å². The molecule has 2 rings (SSSR count). The number of methoxy groups -OCH3 is 1. The number of amides is 2. The molecule has 0 bridgehead atoms. The molecule has 7 heteroatoms. The van der Waals surface area contributed by atoms with Gasteiger partial charge in [0, 0.05) is 6.54 Å². The summed E-state index contributed by atoms with van der Waals surface area (Å²) in [4.78, 5) is 36.0. The lowest BCUT2D eigenvalue weighted by Crippen LogP contribution is -2.36. The van der Waals surface area contributed by atoms with Crippen molar-refractivity contribution in [2.24, 2.45) is 11.0 Å². The average Bonchev–Trinajstić information content (AvgIpc) is 2.80. The van der Waals surface area contributed by atoms with Crippen LogP contribution >= 0.6 is 0 Å². The van der Waals surface area contributed by atoms with Crippen molar-refractivity contribution in [3.63, 3.8) is 0 Å². The van der Waals surface area contributed by atoms with Crippen molar-refractivity contribution in [2.75, 3.05) is 13.7 Å². The Bertz CT molecular complexity index is 404. The Labute approximate surface area is 91.4 Å². The third-order valence-corrected chi connectivity index (χ3v) is 2.73. The Morgan fingerprint density at radius 1 is 1.50 bits per heavy atom. The van der Waals surface area contributed by atoms with E-state index in [1.807, 2.05) is 0 Å². The zero-order valence-corrected chi connectivity index (χ0v) is 8.89. The third-order valence-electron chi connectivity index (χ3n) is 2.73. The van der Waals surface area contributed by atoms with E-state index >= 15 is 0 Å². The molecule has 2 aliphatic rings. The molecule has 2 heterocycles. The molecule has 0 radical (unpaired) electrons. The molecule has 1 fully saturated rings. The fraction of sp³-hybridized carbons (Fsp3) is 0.556. The van der Waals surface area contributed by atoms with Gasteiger partial charge in [-0.1, -0.05) is 0 Å². The normalized spacial score (nSPS) is 27.6. The highest BCUT2D eigenvalue weighted by molar-refractivity contribution is 6.43. The van der Waals surface area contributed by atoms with E-state index in [2.05, 4.69) is 15.3 Å². The predicted molar refractivity (Wildman–Crippen MR) is 52.3 cm³/mol. The van der Waals surface area contributed by atoms with Crippen LogP contribution in [0.3, 0.4) is 0 Å². The number of hydrogen-bond acceptors (Lipinski definition) is 6. The number of nitrogens with one attached hydrogen (secondary N) is 1. The van der Waals surface area contributed by atoms with Gasteiger partial charge in [0.2, 0.25) is 5.91 Å². The first-order valence-electron chi connectivity index (χ1n) is 4.88. The maximum atomic E-state index is 11.8. The van der Waals surface area contributed by atoms with Crippen molar-refractivity contribution >= 4 is 23.5 Å². The van der Waals surface area contributed by atoms with Gasteiger partial charge in [0.15, 0.2) is 5.71 Å². The summed E-state index contributed by atoms with van der Waals surface area (Å²) in [5.74, 6) is -2.26. The first-order valence-corrected chi connectivity index (χ1v) is 4.88. The molecule has 1 saturated heterocycles.